The van der Waals surface area contributed by atoms with E-state index in [1.165, 1.54) is 26.6 Å². The molecule has 0 amide bonds. The lowest BCUT2D eigenvalue weighted by molar-refractivity contribution is -0.208. The molecule has 234 valence electrons. The second-order valence-electron chi connectivity index (χ2n) is 13.6. The Morgan fingerprint density at radius 1 is 1.14 bits per heavy atom. The zero-order valence-corrected chi connectivity index (χ0v) is 25.7. The molecule has 0 spiro atoms. The third-order valence-corrected chi connectivity index (χ3v) is 11.2. The lowest BCUT2D eigenvalue weighted by Gasteiger charge is -2.60. The first-order chi connectivity index (χ1) is 20.1. The van der Waals surface area contributed by atoms with Gasteiger partial charge in [-0.25, -0.2) is 4.79 Å². The zero-order chi connectivity index (χ0) is 31.7. The SMILES string of the molecule is CCC(=O)C1C(=O)OC2(C=O)C1C(C)(C(OC(C)=O)c1ccoc1)CCC2C1(C)C(=O)CC2OC(C(=O)OC)C1C2(C)C. The Labute approximate surface area is 250 Å². The number of rotatable bonds is 8. The highest BCUT2D eigenvalue weighted by Crippen LogP contribution is 2.69. The van der Waals surface area contributed by atoms with Crippen molar-refractivity contribution < 1.29 is 52.1 Å². The Balaban J connectivity index is 1.74. The summed E-state index contributed by atoms with van der Waals surface area (Å²) >= 11 is 0. The van der Waals surface area contributed by atoms with Gasteiger partial charge in [0.05, 0.1) is 25.7 Å². The van der Waals surface area contributed by atoms with E-state index < -0.39 is 87.5 Å². The average molecular weight is 601 g/mol. The van der Waals surface area contributed by atoms with Gasteiger partial charge in [0.25, 0.3) is 0 Å². The van der Waals surface area contributed by atoms with Gasteiger partial charge < -0.3 is 23.4 Å². The van der Waals surface area contributed by atoms with E-state index in [9.17, 15) is 28.8 Å². The largest absolute Gasteiger partial charge is 0.472 e. The topological polar surface area (TPSA) is 152 Å². The summed E-state index contributed by atoms with van der Waals surface area (Å²) in [6.07, 6.45) is 1.23. The van der Waals surface area contributed by atoms with E-state index in [0.717, 1.165) is 0 Å². The van der Waals surface area contributed by atoms with Gasteiger partial charge in [0.15, 0.2) is 18.0 Å². The molecule has 2 saturated heterocycles. The first-order valence-corrected chi connectivity index (χ1v) is 14.8. The summed E-state index contributed by atoms with van der Waals surface area (Å²) in [6.45, 7) is 10.2. The molecular weight excluding hydrogens is 560 g/mol. The number of Topliss-reactive ketones (excluding diaryl/α,β-unsaturated/α-hetero) is 2. The standard InChI is InChI=1S/C32H40O11/c1-8-18(35)22-24-30(5,26(41-16(2)34)17-10-12-40-14-17)11-9-19(32(24,15-33)43-27(22)37)31(6)20(36)13-21-29(3,4)25(31)23(42-21)28(38)39-7/h10,12,14-15,19,21-26H,8-9,11,13H2,1-7H3. The minimum absolute atomic E-state index is 0.00167. The summed E-state index contributed by atoms with van der Waals surface area (Å²) in [5.41, 5.74) is -4.68. The van der Waals surface area contributed by atoms with Crippen LogP contribution in [0.25, 0.3) is 0 Å². The van der Waals surface area contributed by atoms with Gasteiger partial charge in [-0.15, -0.1) is 0 Å². The molecule has 4 aliphatic rings. The maximum atomic E-state index is 14.2. The fraction of sp³-hybridized carbons (Fsp3) is 0.688. The molecular formula is C32H40O11. The van der Waals surface area contributed by atoms with Crippen molar-refractivity contribution in [3.8, 4) is 0 Å². The van der Waals surface area contributed by atoms with Crippen LogP contribution >= 0.6 is 0 Å². The van der Waals surface area contributed by atoms with Crippen molar-refractivity contribution in [2.24, 2.45) is 39.9 Å². The van der Waals surface area contributed by atoms with E-state index in [-0.39, 0.29) is 31.5 Å². The summed E-state index contributed by atoms with van der Waals surface area (Å²) in [5, 5.41) is 0. The van der Waals surface area contributed by atoms with Crippen molar-refractivity contribution in [2.75, 3.05) is 7.11 Å². The molecule has 1 aromatic rings. The van der Waals surface area contributed by atoms with Crippen molar-refractivity contribution in [3.05, 3.63) is 24.2 Å². The van der Waals surface area contributed by atoms with Crippen LogP contribution in [-0.2, 0) is 47.7 Å². The van der Waals surface area contributed by atoms with E-state index >= 15 is 0 Å². The second kappa shape index (κ2) is 10.4. The number of methoxy groups -OCH3 is 1. The third-order valence-electron chi connectivity index (χ3n) is 11.2. The molecule has 11 nitrogen and oxygen atoms in total. The number of hydrogen-bond acceptors (Lipinski definition) is 11. The molecule has 0 aromatic carbocycles. The number of fused-ring (bicyclic) bond motifs is 3. The van der Waals surface area contributed by atoms with E-state index in [1.807, 2.05) is 13.8 Å². The van der Waals surface area contributed by atoms with Crippen LogP contribution in [0.4, 0.5) is 0 Å². The molecule has 2 saturated carbocycles. The quantitative estimate of drug-likeness (QED) is 0.186. The Bertz CT molecular complexity index is 1350. The number of esters is 3. The molecule has 5 rings (SSSR count). The highest BCUT2D eigenvalue weighted by atomic mass is 16.6. The first-order valence-electron chi connectivity index (χ1n) is 14.8. The molecule has 0 N–H and O–H groups in total. The molecule has 43 heavy (non-hydrogen) atoms. The normalized spacial score (nSPS) is 40.3. The van der Waals surface area contributed by atoms with E-state index in [1.54, 1.807) is 26.8 Å². The van der Waals surface area contributed by atoms with Gasteiger partial charge in [-0.1, -0.05) is 34.6 Å². The highest BCUT2D eigenvalue weighted by molar-refractivity contribution is 6.03. The number of furan rings is 1. The van der Waals surface area contributed by atoms with Crippen molar-refractivity contribution in [1.29, 1.82) is 0 Å². The molecule has 2 aliphatic carbocycles. The van der Waals surface area contributed by atoms with Crippen LogP contribution < -0.4 is 0 Å². The van der Waals surface area contributed by atoms with Crippen LogP contribution in [0, 0.1) is 39.9 Å². The minimum Gasteiger partial charge on any atom is -0.472 e. The number of aldehydes is 1. The van der Waals surface area contributed by atoms with Gasteiger partial charge in [0.2, 0.25) is 0 Å². The fourth-order valence-corrected chi connectivity index (χ4v) is 9.37. The number of ether oxygens (including phenoxy) is 4. The predicted octanol–water partition coefficient (Wildman–Crippen LogP) is 3.57. The van der Waals surface area contributed by atoms with E-state index in [4.69, 9.17) is 23.4 Å². The summed E-state index contributed by atoms with van der Waals surface area (Å²) < 4.78 is 28.5. The van der Waals surface area contributed by atoms with Gasteiger partial charge in [0.1, 0.15) is 23.6 Å². The van der Waals surface area contributed by atoms with Gasteiger partial charge in [-0.3, -0.25) is 24.0 Å². The fourth-order valence-electron chi connectivity index (χ4n) is 9.37. The van der Waals surface area contributed by atoms with Crippen molar-refractivity contribution in [2.45, 2.75) is 91.1 Å². The van der Waals surface area contributed by atoms with Crippen LogP contribution in [0.5, 0.6) is 0 Å². The second-order valence-corrected chi connectivity index (χ2v) is 13.6. The Morgan fingerprint density at radius 2 is 1.84 bits per heavy atom. The molecule has 2 bridgehead atoms. The maximum absolute atomic E-state index is 14.2. The van der Waals surface area contributed by atoms with Crippen LogP contribution in [0.15, 0.2) is 23.0 Å². The van der Waals surface area contributed by atoms with Crippen molar-refractivity contribution >= 4 is 35.8 Å². The summed E-state index contributed by atoms with van der Waals surface area (Å²) in [7, 11) is 1.25. The van der Waals surface area contributed by atoms with E-state index in [2.05, 4.69) is 0 Å². The van der Waals surface area contributed by atoms with Crippen LogP contribution in [0.2, 0.25) is 0 Å². The van der Waals surface area contributed by atoms with Crippen LogP contribution in [0.3, 0.4) is 0 Å². The van der Waals surface area contributed by atoms with Crippen LogP contribution in [-0.4, -0.2) is 60.7 Å². The molecule has 2 aliphatic heterocycles. The third kappa shape index (κ3) is 4.17. The molecule has 10 atom stereocenters. The van der Waals surface area contributed by atoms with Crippen molar-refractivity contribution in [3.63, 3.8) is 0 Å². The number of hydrogen-bond donors (Lipinski definition) is 0. The maximum Gasteiger partial charge on any atom is 0.335 e. The zero-order valence-electron chi connectivity index (χ0n) is 25.7. The Morgan fingerprint density at radius 3 is 2.40 bits per heavy atom. The molecule has 1 aromatic heterocycles. The lowest BCUT2D eigenvalue weighted by Crippen LogP contribution is -2.67. The van der Waals surface area contributed by atoms with Gasteiger partial charge in [0, 0.05) is 53.9 Å². The minimum atomic E-state index is -1.95. The van der Waals surface area contributed by atoms with Gasteiger partial charge >= 0.3 is 17.9 Å². The van der Waals surface area contributed by atoms with Gasteiger partial charge in [-0.2, -0.15) is 0 Å². The molecule has 10 unspecified atom stereocenters. The van der Waals surface area contributed by atoms with E-state index in [0.29, 0.717) is 11.8 Å². The first kappa shape index (κ1) is 31.1. The Kier molecular flexibility index (Phi) is 7.51. The monoisotopic (exact) mass is 600 g/mol. The number of carbonyl (C=O) groups is 6. The van der Waals surface area contributed by atoms with Crippen molar-refractivity contribution in [1.82, 2.24) is 0 Å². The summed E-state index contributed by atoms with van der Waals surface area (Å²) in [6, 6.07) is 1.63. The number of carbonyl (C=O) groups excluding carboxylic acids is 6. The number of ketones is 2. The Hall–Kier alpha value is -3.34. The molecule has 11 heteroatoms. The predicted molar refractivity (Wildman–Crippen MR) is 147 cm³/mol. The average Bonchev–Trinajstić information content (AvgIpc) is 3.64. The van der Waals surface area contributed by atoms with Crippen LogP contribution in [0.1, 0.15) is 78.9 Å². The highest BCUT2D eigenvalue weighted by Gasteiger charge is 2.77. The van der Waals surface area contributed by atoms with Gasteiger partial charge in [-0.05, 0) is 24.3 Å². The molecule has 0 radical (unpaired) electrons. The smallest absolute Gasteiger partial charge is 0.335 e. The molecule has 3 heterocycles. The summed E-state index contributed by atoms with van der Waals surface area (Å²) in [4.78, 5) is 80.5. The summed E-state index contributed by atoms with van der Waals surface area (Å²) in [5.74, 6) is -6.78. The lowest BCUT2D eigenvalue weighted by atomic mass is 9.42. The molecule has 4 fully saturated rings.